The Morgan fingerprint density at radius 2 is 1.95 bits per heavy atom. The van der Waals surface area contributed by atoms with Crippen LogP contribution in [0.2, 0.25) is 10.0 Å². The summed E-state index contributed by atoms with van der Waals surface area (Å²) in [5, 5.41) is 3.07. The van der Waals surface area contributed by atoms with Crippen molar-refractivity contribution < 1.29 is 4.79 Å². The highest BCUT2D eigenvalue weighted by Crippen LogP contribution is 2.47. The third-order valence-corrected chi connectivity index (χ3v) is 4.54. The number of nitrogens with one attached hydrogen (secondary N) is 1. The minimum Gasteiger partial charge on any atom is -0.322 e. The van der Waals surface area contributed by atoms with Gasteiger partial charge in [0.05, 0.1) is 32.3 Å². The van der Waals surface area contributed by atoms with Crippen LogP contribution in [-0.4, -0.2) is 11.2 Å². The van der Waals surface area contributed by atoms with E-state index in [4.69, 9.17) is 23.2 Å². The highest BCUT2D eigenvalue weighted by Gasteiger charge is 2.23. The average molecular weight is 336 g/mol. The fourth-order valence-corrected chi connectivity index (χ4v) is 2.72. The molecular weight excluding hydrogens is 325 g/mol. The second kappa shape index (κ2) is 5.83. The fraction of sp³-hybridized carbons (Fsp3) is 0.364. The predicted molar refractivity (Wildman–Crippen MR) is 84.2 cm³/mol. The van der Waals surface area contributed by atoms with Gasteiger partial charge in [-0.2, -0.15) is 21.4 Å². The second-order valence-electron chi connectivity index (χ2n) is 4.35. The van der Waals surface area contributed by atoms with Crippen molar-refractivity contribution in [2.45, 2.75) is 19.1 Å². The number of halogens is 2. The first kappa shape index (κ1) is 14.8. The molecule has 1 aliphatic rings. The lowest BCUT2D eigenvalue weighted by atomic mass is 10.1. The van der Waals surface area contributed by atoms with Crippen molar-refractivity contribution in [2.24, 2.45) is 14.6 Å². The van der Waals surface area contributed by atoms with Crippen molar-refractivity contribution >= 4 is 70.2 Å². The van der Waals surface area contributed by atoms with Crippen LogP contribution in [0.3, 0.4) is 0 Å². The molecule has 8 heteroatoms. The smallest absolute Gasteiger partial charge is 0.237 e. The Bertz CT molecular complexity index is 612. The quantitative estimate of drug-likeness (QED) is 0.790. The number of carbonyl (C=O) groups is 1. The zero-order valence-electron chi connectivity index (χ0n) is 10.1. The number of amides is 1. The molecule has 0 saturated heterocycles. The van der Waals surface area contributed by atoms with Crippen LogP contribution in [0.15, 0.2) is 14.8 Å². The highest BCUT2D eigenvalue weighted by atomic mass is 35.5. The number of rotatable bonds is 3. The summed E-state index contributed by atoms with van der Waals surface area (Å²) in [5.74, 6) is -0.115. The van der Waals surface area contributed by atoms with Crippen LogP contribution in [0.1, 0.15) is 13.8 Å². The van der Waals surface area contributed by atoms with Crippen LogP contribution in [0.4, 0.5) is 17.1 Å². The molecule has 1 heterocycles. The van der Waals surface area contributed by atoms with Gasteiger partial charge in [-0.25, -0.2) is 0 Å². The number of nitrogens with zero attached hydrogens (tertiary/aromatic N) is 2. The van der Waals surface area contributed by atoms with E-state index in [1.807, 2.05) is 13.8 Å². The van der Waals surface area contributed by atoms with Crippen molar-refractivity contribution in [3.05, 3.63) is 16.1 Å². The Hall–Kier alpha value is -0.560. The van der Waals surface area contributed by atoms with Gasteiger partial charge in [-0.05, 0) is 12.0 Å². The van der Waals surface area contributed by atoms with E-state index in [2.05, 4.69) is 26.7 Å². The van der Waals surface area contributed by atoms with E-state index in [1.54, 1.807) is 6.07 Å². The van der Waals surface area contributed by atoms with Crippen LogP contribution < -0.4 is 5.32 Å². The molecule has 4 nitrogen and oxygen atoms in total. The summed E-state index contributed by atoms with van der Waals surface area (Å²) in [6, 6.07) is 1.55. The Balaban J connectivity index is 2.35. The number of fused-ring (bicyclic) bond motifs is 1. The molecule has 0 aliphatic carbocycles. The third kappa shape index (κ3) is 2.97. The van der Waals surface area contributed by atoms with E-state index in [0.29, 0.717) is 27.1 Å². The van der Waals surface area contributed by atoms with Crippen LogP contribution in [0.25, 0.3) is 0 Å². The van der Waals surface area contributed by atoms with E-state index in [-0.39, 0.29) is 11.8 Å². The Morgan fingerprint density at radius 1 is 1.32 bits per heavy atom. The topological polar surface area (TPSA) is 53.8 Å². The molecule has 0 fully saturated rings. The summed E-state index contributed by atoms with van der Waals surface area (Å²) < 4.78 is 8.20. The molecule has 1 N–H and O–H groups in total. The van der Waals surface area contributed by atoms with Gasteiger partial charge in [0.2, 0.25) is 5.91 Å². The molecule has 1 aliphatic heterocycles. The highest BCUT2D eigenvalue weighted by molar-refractivity contribution is 7.81. The monoisotopic (exact) mass is 335 g/mol. The third-order valence-electron chi connectivity index (χ3n) is 2.59. The van der Waals surface area contributed by atoms with Gasteiger partial charge in [-0.3, -0.25) is 4.79 Å². The predicted octanol–water partition coefficient (Wildman–Crippen LogP) is 4.61. The molecule has 1 aromatic carbocycles. The average Bonchev–Trinajstić information content (AvgIpc) is 2.82. The number of thiol groups is 1. The summed E-state index contributed by atoms with van der Waals surface area (Å²) in [6.07, 6.45) is 0. The van der Waals surface area contributed by atoms with Gasteiger partial charge in [-0.1, -0.05) is 37.0 Å². The number of hydrogen-bond acceptors (Lipinski definition) is 4. The van der Waals surface area contributed by atoms with Gasteiger partial charge in [0.1, 0.15) is 11.4 Å². The van der Waals surface area contributed by atoms with Crippen molar-refractivity contribution in [2.75, 3.05) is 5.32 Å². The zero-order valence-corrected chi connectivity index (χ0v) is 13.4. The van der Waals surface area contributed by atoms with Gasteiger partial charge in [0, 0.05) is 0 Å². The molecule has 1 amide bonds. The summed E-state index contributed by atoms with van der Waals surface area (Å²) in [7, 11) is 0. The van der Waals surface area contributed by atoms with Gasteiger partial charge in [-0.15, -0.1) is 0 Å². The maximum Gasteiger partial charge on any atom is 0.237 e. The molecule has 1 aromatic rings. The van der Waals surface area contributed by atoms with Crippen LogP contribution in [0.5, 0.6) is 0 Å². The second-order valence-corrected chi connectivity index (χ2v) is 6.25. The first-order valence-electron chi connectivity index (χ1n) is 5.51. The largest absolute Gasteiger partial charge is 0.322 e. The Labute approximate surface area is 130 Å². The summed E-state index contributed by atoms with van der Waals surface area (Å²) in [5.41, 5.74) is 1.46. The Morgan fingerprint density at radius 3 is 2.58 bits per heavy atom. The molecule has 0 aromatic heterocycles. The molecule has 1 atom stereocenters. The molecule has 1 unspecified atom stereocenters. The van der Waals surface area contributed by atoms with E-state index in [9.17, 15) is 4.79 Å². The fourth-order valence-electron chi connectivity index (χ4n) is 1.49. The van der Waals surface area contributed by atoms with Crippen LogP contribution >= 0.6 is 35.8 Å². The maximum atomic E-state index is 12.0. The number of anilines is 1. The summed E-state index contributed by atoms with van der Waals surface area (Å²) in [6.45, 7) is 3.83. The molecule has 102 valence electrons. The molecule has 0 saturated carbocycles. The Kier molecular flexibility index (Phi) is 4.55. The van der Waals surface area contributed by atoms with E-state index >= 15 is 0 Å². The molecule has 0 radical (unpaired) electrons. The summed E-state index contributed by atoms with van der Waals surface area (Å²) >= 11 is 17.4. The van der Waals surface area contributed by atoms with Crippen LogP contribution in [0, 0.1) is 5.92 Å². The van der Waals surface area contributed by atoms with Crippen molar-refractivity contribution in [3.8, 4) is 0 Å². The van der Waals surface area contributed by atoms with Crippen molar-refractivity contribution in [1.82, 2.24) is 0 Å². The first-order valence-corrected chi connectivity index (χ1v) is 7.51. The minimum atomic E-state index is -0.423. The van der Waals surface area contributed by atoms with Crippen molar-refractivity contribution in [3.63, 3.8) is 0 Å². The van der Waals surface area contributed by atoms with Gasteiger partial charge in [0.15, 0.2) is 0 Å². The van der Waals surface area contributed by atoms with E-state index in [0.717, 1.165) is 11.4 Å². The molecule has 0 bridgehead atoms. The number of hydrogen-bond donors (Lipinski definition) is 2. The molecular formula is C11H11Cl2N3OS2. The normalized spacial score (nSPS) is 14.2. The van der Waals surface area contributed by atoms with Gasteiger partial charge >= 0.3 is 0 Å². The maximum absolute atomic E-state index is 12.0. The lowest BCUT2D eigenvalue weighted by Gasteiger charge is -2.16. The van der Waals surface area contributed by atoms with Crippen LogP contribution in [-0.2, 0) is 16.1 Å². The van der Waals surface area contributed by atoms with Gasteiger partial charge < -0.3 is 5.32 Å². The zero-order chi connectivity index (χ0) is 14.2. The van der Waals surface area contributed by atoms with Gasteiger partial charge in [0.25, 0.3) is 0 Å². The lowest BCUT2D eigenvalue weighted by molar-refractivity contribution is -0.116. The molecule has 0 spiro atoms. The first-order chi connectivity index (χ1) is 8.91. The minimum absolute atomic E-state index is 0.110. The van der Waals surface area contributed by atoms with Crippen molar-refractivity contribution in [1.29, 1.82) is 0 Å². The SMILES string of the molecule is CC(C)C(S)C(=O)Nc1c(Cl)cc(Cl)c2c1N=S=N2. The number of benzene rings is 1. The van der Waals surface area contributed by atoms with E-state index < -0.39 is 5.25 Å². The lowest BCUT2D eigenvalue weighted by Crippen LogP contribution is -2.27. The molecule has 2 rings (SSSR count). The number of carbonyl (C=O) groups excluding carboxylic acids is 1. The summed E-state index contributed by atoms with van der Waals surface area (Å²) in [4.78, 5) is 12.0. The molecule has 19 heavy (non-hydrogen) atoms. The standard InChI is InChI=1S/C11H11Cl2N3OS2/c1-4(2)10(18)11(17)14-7-5(12)3-6(13)8-9(7)16-19-15-8/h3-4,10,18H,1-2H3,(H,14,17). The van der Waals surface area contributed by atoms with E-state index in [1.165, 1.54) is 0 Å².